The molecule has 10 nitrogen and oxygen atoms in total. The number of carbonyl (C=O) groups is 2. The Kier molecular flexibility index (Phi) is 17.8. The molecule has 5 atom stereocenters. The van der Waals surface area contributed by atoms with E-state index >= 15 is 0 Å². The molecule has 53 heavy (non-hydrogen) atoms. The normalized spacial score (nSPS) is 21.7. The predicted octanol–water partition coefficient (Wildman–Crippen LogP) is 6.94. The van der Waals surface area contributed by atoms with Gasteiger partial charge in [0.05, 0.1) is 30.6 Å². The molecule has 1 saturated carbocycles. The maximum atomic E-state index is 11.5. The third kappa shape index (κ3) is 12.9. The first-order valence-electron chi connectivity index (χ1n) is 19.2. The molecule has 2 fully saturated rings. The number of nitrogens with one attached hydrogen (secondary N) is 1. The number of unbranched alkanes of at least 4 members (excludes halogenated alkanes) is 1. The van der Waals surface area contributed by atoms with E-state index in [9.17, 15) is 14.7 Å². The van der Waals surface area contributed by atoms with Gasteiger partial charge < -0.3 is 29.5 Å². The fourth-order valence-corrected chi connectivity index (χ4v) is 8.09. The van der Waals surface area contributed by atoms with E-state index < -0.39 is 6.10 Å². The number of fused-ring (bicyclic) bond motifs is 1. The maximum Gasteiger partial charge on any atom is 0.219 e. The second kappa shape index (κ2) is 21.9. The molecular formula is C41H61ClN4O6S. The van der Waals surface area contributed by atoms with E-state index in [2.05, 4.69) is 46.9 Å². The van der Waals surface area contributed by atoms with Gasteiger partial charge in [0.25, 0.3) is 0 Å². The lowest BCUT2D eigenvalue weighted by Crippen LogP contribution is -2.44. The molecule has 0 radical (unpaired) electrons. The predicted molar refractivity (Wildman–Crippen MR) is 215 cm³/mol. The van der Waals surface area contributed by atoms with Gasteiger partial charge in [0.1, 0.15) is 5.75 Å². The van der Waals surface area contributed by atoms with Crippen LogP contribution in [0.4, 0.5) is 5.69 Å². The highest BCUT2D eigenvalue weighted by Gasteiger charge is 2.38. The number of aliphatic hydroxyl groups excluding tert-OH is 2. The monoisotopic (exact) mass is 772 g/mol. The Labute approximate surface area is 326 Å². The molecule has 0 aromatic heterocycles. The number of piperidine rings is 1. The van der Waals surface area contributed by atoms with Crippen LogP contribution in [0.5, 0.6) is 5.75 Å². The molecule has 5 unspecified atom stereocenters. The van der Waals surface area contributed by atoms with Gasteiger partial charge >= 0.3 is 0 Å². The Morgan fingerprint density at radius 3 is 2.60 bits per heavy atom. The summed E-state index contributed by atoms with van der Waals surface area (Å²) in [5.74, 6) is 2.07. The van der Waals surface area contributed by atoms with Crippen molar-refractivity contribution in [2.24, 2.45) is 11.8 Å². The number of amides is 2. The second-order valence-corrected chi connectivity index (χ2v) is 16.0. The van der Waals surface area contributed by atoms with Crippen LogP contribution in [-0.4, -0.2) is 97.4 Å². The Morgan fingerprint density at radius 2 is 1.96 bits per heavy atom. The molecule has 1 aliphatic carbocycles. The number of halogens is 1. The van der Waals surface area contributed by atoms with Gasteiger partial charge in [0.15, 0.2) is 0 Å². The number of nitrogens with zero attached hydrogens (tertiary/aromatic N) is 3. The topological polar surface area (TPSA) is 115 Å². The zero-order valence-corrected chi connectivity index (χ0v) is 33.8. The summed E-state index contributed by atoms with van der Waals surface area (Å²) in [5, 5.41) is 20.3. The van der Waals surface area contributed by atoms with Crippen LogP contribution in [0.1, 0.15) is 94.4 Å². The molecule has 2 aromatic carbocycles. The fourth-order valence-electron chi connectivity index (χ4n) is 7.31. The number of hydrogen-bond donors (Lipinski definition) is 3. The Hall–Kier alpha value is -2.80. The van der Waals surface area contributed by atoms with Gasteiger partial charge in [-0.15, -0.1) is 0 Å². The van der Waals surface area contributed by atoms with Crippen LogP contribution < -0.4 is 14.4 Å². The van der Waals surface area contributed by atoms with Crippen LogP contribution in [0.2, 0.25) is 5.02 Å². The van der Waals surface area contributed by atoms with Crippen LogP contribution in [0.15, 0.2) is 48.6 Å². The third-order valence-corrected chi connectivity index (χ3v) is 11.9. The summed E-state index contributed by atoms with van der Waals surface area (Å²) in [6.45, 7) is 10.4. The van der Waals surface area contributed by atoms with Crippen LogP contribution in [0.3, 0.4) is 0 Å². The number of hydrogen-bond acceptors (Lipinski definition) is 9. The maximum absolute atomic E-state index is 11.5. The van der Waals surface area contributed by atoms with Crippen molar-refractivity contribution in [3.8, 4) is 5.75 Å². The summed E-state index contributed by atoms with van der Waals surface area (Å²) in [6.07, 6.45) is 12.3. The highest BCUT2D eigenvalue weighted by Crippen LogP contribution is 2.43. The Bertz CT molecular complexity index is 1470. The van der Waals surface area contributed by atoms with Crippen molar-refractivity contribution in [1.29, 1.82) is 0 Å². The van der Waals surface area contributed by atoms with E-state index in [0.29, 0.717) is 31.4 Å². The molecule has 3 aliphatic rings. The molecular weight excluding hydrogens is 712 g/mol. The number of rotatable bonds is 16. The third-order valence-electron chi connectivity index (χ3n) is 10.8. The Balaban J connectivity index is 0.000000488. The van der Waals surface area contributed by atoms with E-state index in [0.717, 1.165) is 99.6 Å². The highest BCUT2D eigenvalue weighted by atomic mass is 35.5. The smallest absolute Gasteiger partial charge is 0.219 e. The largest absolute Gasteiger partial charge is 0.491 e. The van der Waals surface area contributed by atoms with Crippen molar-refractivity contribution in [2.75, 3.05) is 58.4 Å². The molecule has 12 heteroatoms. The highest BCUT2D eigenvalue weighted by molar-refractivity contribution is 7.95. The van der Waals surface area contributed by atoms with Crippen molar-refractivity contribution in [3.63, 3.8) is 0 Å². The summed E-state index contributed by atoms with van der Waals surface area (Å²) in [4.78, 5) is 25.7. The lowest BCUT2D eigenvalue weighted by Gasteiger charge is -2.43. The number of anilines is 1. The Morgan fingerprint density at radius 1 is 1.19 bits per heavy atom. The van der Waals surface area contributed by atoms with Crippen molar-refractivity contribution in [1.82, 2.24) is 13.9 Å². The van der Waals surface area contributed by atoms with Crippen molar-refractivity contribution in [2.45, 2.75) is 96.4 Å². The van der Waals surface area contributed by atoms with E-state index in [-0.39, 0.29) is 24.0 Å². The number of carbonyl (C=O) groups excluding carboxylic acids is 2. The lowest BCUT2D eigenvalue weighted by atomic mass is 9.70. The molecule has 2 aromatic rings. The number of aryl methyl sites for hydroxylation is 1. The molecule has 2 aliphatic heterocycles. The molecule has 0 bridgehead atoms. The van der Waals surface area contributed by atoms with Gasteiger partial charge in [0.2, 0.25) is 12.3 Å². The first-order valence-corrected chi connectivity index (χ1v) is 20.4. The van der Waals surface area contributed by atoms with Crippen LogP contribution in [-0.2, 0) is 20.7 Å². The molecule has 3 N–H and O–H groups in total. The summed E-state index contributed by atoms with van der Waals surface area (Å²) in [6, 6.07) is 12.4. The van der Waals surface area contributed by atoms with Crippen LogP contribution in [0.25, 0.3) is 0 Å². The van der Waals surface area contributed by atoms with Crippen molar-refractivity contribution < 1.29 is 29.3 Å². The number of aliphatic hydroxyl groups is 2. The molecule has 2 heterocycles. The average Bonchev–Trinajstić information content (AvgIpc) is 3.32. The SMILES string of the molecule is CCCCc1cc(Cl)ccc1C1COc2ccc(C(C)O)cc2N(CC2CCC2C(/C=C/CCN(C)C(C)=O)OC)C1.O=CNSN1CCC(O)CC1. The molecule has 0 spiro atoms. The zero-order chi connectivity index (χ0) is 38.3. The zero-order valence-electron chi connectivity index (χ0n) is 32.2. The summed E-state index contributed by atoms with van der Waals surface area (Å²) < 4.78 is 17.0. The number of benzene rings is 2. The molecule has 2 amide bonds. The van der Waals surface area contributed by atoms with Gasteiger partial charge in [0, 0.05) is 76.9 Å². The lowest BCUT2D eigenvalue weighted by molar-refractivity contribution is -0.127. The quantitative estimate of drug-likeness (QED) is 0.0949. The van der Waals surface area contributed by atoms with E-state index in [4.69, 9.17) is 26.2 Å². The minimum atomic E-state index is -0.547. The van der Waals surface area contributed by atoms with Crippen molar-refractivity contribution >= 4 is 41.7 Å². The fraction of sp³-hybridized carbons (Fsp3) is 0.610. The molecule has 5 rings (SSSR count). The summed E-state index contributed by atoms with van der Waals surface area (Å²) in [5.41, 5.74) is 4.59. The standard InChI is InChI=1S/C35H49ClN2O4.C6H12N2O2S/c1-6-7-10-27-19-30(36)14-16-31(27)29-22-38(33-20-26(24(2)39)13-17-35(33)42-23-29)21-28-12-15-32(28)34(41-5)11-8-9-18-37(4)25(3)40;9-5-7-11-8-3-1-6(10)2-4-8/h8,11,13-14,16-17,19-20,24,28-29,32,34,39H,6-7,9-10,12,15,18,21-23H2,1-5H3;5-6,10H,1-4H2,(H,7,9)/b11-8+;. The van der Waals surface area contributed by atoms with Gasteiger partial charge in [-0.05, 0) is 105 Å². The number of methoxy groups -OCH3 is 1. The van der Waals surface area contributed by atoms with E-state index in [1.807, 2.05) is 36.5 Å². The minimum Gasteiger partial charge on any atom is -0.491 e. The van der Waals surface area contributed by atoms with E-state index in [1.165, 1.54) is 23.3 Å². The first kappa shape index (κ1) is 42.9. The van der Waals surface area contributed by atoms with Gasteiger partial charge in [-0.2, -0.15) is 0 Å². The minimum absolute atomic E-state index is 0.0468. The molecule has 294 valence electrons. The first-order chi connectivity index (χ1) is 25.5. The van der Waals surface area contributed by atoms with Crippen molar-refractivity contribution in [3.05, 3.63) is 70.3 Å². The van der Waals surface area contributed by atoms with Gasteiger partial charge in [-0.25, -0.2) is 4.31 Å². The summed E-state index contributed by atoms with van der Waals surface area (Å²) >= 11 is 7.75. The molecule has 1 saturated heterocycles. The van der Waals surface area contributed by atoms with Gasteiger partial charge in [-0.1, -0.05) is 49.2 Å². The summed E-state index contributed by atoms with van der Waals surface area (Å²) in [7, 11) is 3.63. The number of ether oxygens (including phenoxy) is 2. The van der Waals surface area contributed by atoms with Crippen LogP contribution in [0, 0.1) is 11.8 Å². The van der Waals surface area contributed by atoms with Crippen LogP contribution >= 0.6 is 23.7 Å². The average molecular weight is 773 g/mol. The van der Waals surface area contributed by atoms with Gasteiger partial charge in [-0.3, -0.25) is 14.3 Å². The van der Waals surface area contributed by atoms with E-state index in [1.54, 1.807) is 18.9 Å². The second-order valence-electron chi connectivity index (χ2n) is 14.6.